The second-order valence-corrected chi connectivity index (χ2v) is 5.34. The van der Waals surface area contributed by atoms with Crippen molar-refractivity contribution in [3.63, 3.8) is 0 Å². The number of hydrogen-bond donors (Lipinski definition) is 1. The van der Waals surface area contributed by atoms with Gasteiger partial charge in [-0.25, -0.2) is 4.79 Å². The van der Waals surface area contributed by atoms with Gasteiger partial charge in [0.1, 0.15) is 0 Å². The molecule has 2 saturated heterocycles. The first-order chi connectivity index (χ1) is 8.06. The van der Waals surface area contributed by atoms with E-state index in [-0.39, 0.29) is 18.4 Å². The number of amides is 2. The lowest BCUT2D eigenvalue weighted by atomic mass is 9.96. The molecule has 2 aliphatic rings. The number of rotatable bonds is 2. The molecule has 0 aromatic carbocycles. The topological polar surface area (TPSA) is 60.9 Å². The first kappa shape index (κ1) is 12.2. The van der Waals surface area contributed by atoms with Crippen molar-refractivity contribution in [1.29, 1.82) is 0 Å². The molecule has 0 aromatic rings. The molecule has 2 rings (SSSR count). The van der Waals surface area contributed by atoms with E-state index in [1.54, 1.807) is 4.90 Å². The number of carbonyl (C=O) groups is 2. The van der Waals surface area contributed by atoms with E-state index < -0.39 is 5.97 Å². The molecular weight excluding hydrogens is 220 g/mol. The third-order valence-corrected chi connectivity index (χ3v) is 3.62. The van der Waals surface area contributed by atoms with E-state index in [1.807, 2.05) is 4.90 Å². The molecule has 0 spiro atoms. The van der Waals surface area contributed by atoms with Gasteiger partial charge >= 0.3 is 12.0 Å². The van der Waals surface area contributed by atoms with E-state index in [9.17, 15) is 9.59 Å². The zero-order valence-corrected chi connectivity index (χ0v) is 10.3. The Morgan fingerprint density at radius 1 is 1.24 bits per heavy atom. The summed E-state index contributed by atoms with van der Waals surface area (Å²) >= 11 is 0. The lowest BCUT2D eigenvalue weighted by molar-refractivity contribution is -0.139. The van der Waals surface area contributed by atoms with Crippen LogP contribution in [0.15, 0.2) is 0 Å². The van der Waals surface area contributed by atoms with Crippen molar-refractivity contribution in [2.24, 2.45) is 11.8 Å². The highest BCUT2D eigenvalue weighted by molar-refractivity contribution is 5.76. The summed E-state index contributed by atoms with van der Waals surface area (Å²) in [6.45, 7) is 5.08. The van der Waals surface area contributed by atoms with Crippen LogP contribution in [0.3, 0.4) is 0 Å². The molecule has 5 nitrogen and oxygen atoms in total. The van der Waals surface area contributed by atoms with Gasteiger partial charge in [0, 0.05) is 32.1 Å². The second-order valence-electron chi connectivity index (χ2n) is 5.34. The maximum atomic E-state index is 12.1. The average Bonchev–Trinajstić information content (AvgIpc) is 2.21. The Hall–Kier alpha value is -1.26. The van der Waals surface area contributed by atoms with Crippen LogP contribution in [-0.4, -0.2) is 53.1 Å². The van der Waals surface area contributed by atoms with Crippen molar-refractivity contribution >= 4 is 12.0 Å². The number of carboxylic acids is 1. The molecule has 0 saturated carbocycles. The summed E-state index contributed by atoms with van der Waals surface area (Å²) in [5.41, 5.74) is 0. The van der Waals surface area contributed by atoms with E-state index in [2.05, 4.69) is 6.92 Å². The maximum absolute atomic E-state index is 12.1. The Kier molecular flexibility index (Phi) is 3.54. The summed E-state index contributed by atoms with van der Waals surface area (Å²) in [5, 5.41) is 8.64. The number of urea groups is 1. The molecule has 2 fully saturated rings. The summed E-state index contributed by atoms with van der Waals surface area (Å²) in [5.74, 6) is -0.0313. The predicted molar refractivity (Wildman–Crippen MR) is 62.7 cm³/mol. The third-order valence-electron chi connectivity index (χ3n) is 3.62. The number of piperidine rings is 1. The van der Waals surface area contributed by atoms with Crippen molar-refractivity contribution < 1.29 is 14.7 Å². The number of nitrogens with zero attached hydrogens (tertiary/aromatic N) is 2. The van der Waals surface area contributed by atoms with E-state index in [4.69, 9.17) is 5.11 Å². The zero-order chi connectivity index (χ0) is 12.4. The number of aliphatic carboxylic acids is 1. The molecule has 0 aromatic heterocycles. The quantitative estimate of drug-likeness (QED) is 0.790. The minimum atomic E-state index is -0.770. The van der Waals surface area contributed by atoms with Gasteiger partial charge in [-0.05, 0) is 18.8 Å². The van der Waals surface area contributed by atoms with Crippen molar-refractivity contribution in [3.8, 4) is 0 Å². The molecule has 0 bridgehead atoms. The number of carbonyl (C=O) groups excluding carboxylic acids is 1. The highest BCUT2D eigenvalue weighted by Gasteiger charge is 2.35. The van der Waals surface area contributed by atoms with Crippen molar-refractivity contribution in [2.45, 2.75) is 26.2 Å². The fraction of sp³-hybridized carbons (Fsp3) is 0.833. The second kappa shape index (κ2) is 4.94. The average molecular weight is 240 g/mol. The number of hydrogen-bond acceptors (Lipinski definition) is 2. The Morgan fingerprint density at radius 2 is 1.94 bits per heavy atom. The van der Waals surface area contributed by atoms with Crippen LogP contribution in [0, 0.1) is 11.8 Å². The number of likely N-dealkylation sites (tertiary alicyclic amines) is 2. The van der Waals surface area contributed by atoms with Crippen LogP contribution in [0.2, 0.25) is 0 Å². The Morgan fingerprint density at radius 3 is 2.53 bits per heavy atom. The molecular formula is C12H20N2O3. The van der Waals surface area contributed by atoms with Crippen LogP contribution in [0.25, 0.3) is 0 Å². The van der Waals surface area contributed by atoms with Gasteiger partial charge in [0.05, 0.1) is 6.42 Å². The summed E-state index contributed by atoms with van der Waals surface area (Å²) in [7, 11) is 0. The molecule has 96 valence electrons. The first-order valence-corrected chi connectivity index (χ1v) is 6.32. The molecule has 0 radical (unpaired) electrons. The lowest BCUT2D eigenvalue weighted by Gasteiger charge is -2.43. The summed E-state index contributed by atoms with van der Waals surface area (Å²) in [6.07, 6.45) is 2.46. The molecule has 2 heterocycles. The van der Waals surface area contributed by atoms with Crippen LogP contribution in [0.4, 0.5) is 4.79 Å². The summed E-state index contributed by atoms with van der Waals surface area (Å²) < 4.78 is 0. The molecule has 1 atom stereocenters. The van der Waals surface area contributed by atoms with E-state index >= 15 is 0 Å². The minimum absolute atomic E-state index is 0.0955. The zero-order valence-electron chi connectivity index (χ0n) is 10.3. The highest BCUT2D eigenvalue weighted by Crippen LogP contribution is 2.23. The molecule has 5 heteroatoms. The van der Waals surface area contributed by atoms with Gasteiger partial charge in [0.25, 0.3) is 0 Å². The fourth-order valence-electron chi connectivity index (χ4n) is 2.67. The van der Waals surface area contributed by atoms with Crippen LogP contribution in [0.5, 0.6) is 0 Å². The monoisotopic (exact) mass is 240 g/mol. The maximum Gasteiger partial charge on any atom is 0.320 e. The highest BCUT2D eigenvalue weighted by atomic mass is 16.4. The SMILES string of the molecule is CC1CCCN(C(=O)N2CC(CC(=O)O)C2)C1. The van der Waals surface area contributed by atoms with Gasteiger partial charge in [-0.3, -0.25) is 4.79 Å². The smallest absolute Gasteiger partial charge is 0.320 e. The molecule has 2 aliphatic heterocycles. The normalized spacial score (nSPS) is 25.6. The Bertz CT molecular complexity index is 313. The van der Waals surface area contributed by atoms with E-state index in [0.29, 0.717) is 19.0 Å². The van der Waals surface area contributed by atoms with Crippen LogP contribution in [-0.2, 0) is 4.79 Å². The predicted octanol–water partition coefficient (Wildman–Crippen LogP) is 1.24. The van der Waals surface area contributed by atoms with Crippen LogP contribution < -0.4 is 0 Å². The summed E-state index contributed by atoms with van der Waals surface area (Å²) in [6, 6.07) is 0.0955. The molecule has 0 aliphatic carbocycles. The fourth-order valence-corrected chi connectivity index (χ4v) is 2.67. The minimum Gasteiger partial charge on any atom is -0.481 e. The Labute approximate surface area is 101 Å². The standard InChI is InChI=1S/C12H20N2O3/c1-9-3-2-4-13(6-9)12(17)14-7-10(8-14)5-11(15)16/h9-10H,2-8H2,1H3,(H,15,16). The van der Waals surface area contributed by atoms with Crippen molar-refractivity contribution in [2.75, 3.05) is 26.2 Å². The first-order valence-electron chi connectivity index (χ1n) is 6.32. The third kappa shape index (κ3) is 2.90. The summed E-state index contributed by atoms with van der Waals surface area (Å²) in [4.78, 5) is 26.2. The van der Waals surface area contributed by atoms with Crippen LogP contribution >= 0.6 is 0 Å². The van der Waals surface area contributed by atoms with Gasteiger partial charge < -0.3 is 14.9 Å². The molecule has 1 unspecified atom stereocenters. The van der Waals surface area contributed by atoms with Gasteiger partial charge in [0.2, 0.25) is 0 Å². The van der Waals surface area contributed by atoms with E-state index in [0.717, 1.165) is 19.5 Å². The largest absolute Gasteiger partial charge is 0.481 e. The van der Waals surface area contributed by atoms with E-state index in [1.165, 1.54) is 6.42 Å². The van der Waals surface area contributed by atoms with Gasteiger partial charge in [-0.1, -0.05) is 6.92 Å². The number of carboxylic acid groups (broad SMARTS) is 1. The van der Waals surface area contributed by atoms with Crippen molar-refractivity contribution in [1.82, 2.24) is 9.80 Å². The van der Waals surface area contributed by atoms with Crippen LogP contribution in [0.1, 0.15) is 26.2 Å². The molecule has 1 N–H and O–H groups in total. The van der Waals surface area contributed by atoms with Gasteiger partial charge in [0.15, 0.2) is 0 Å². The van der Waals surface area contributed by atoms with Crippen molar-refractivity contribution in [3.05, 3.63) is 0 Å². The Balaban J connectivity index is 1.76. The molecule has 2 amide bonds. The van der Waals surface area contributed by atoms with Gasteiger partial charge in [-0.15, -0.1) is 0 Å². The molecule has 17 heavy (non-hydrogen) atoms. The van der Waals surface area contributed by atoms with Gasteiger partial charge in [-0.2, -0.15) is 0 Å². The lowest BCUT2D eigenvalue weighted by Crippen LogP contribution is -2.56.